The number of ether oxygens (including phenoxy) is 1. The molecule has 4 atom stereocenters. The van der Waals surface area contributed by atoms with Gasteiger partial charge in [-0.3, -0.25) is 19.2 Å². The highest BCUT2D eigenvalue weighted by Crippen LogP contribution is 2.35. The molecule has 1 saturated carbocycles. The molecule has 10 heteroatoms. The second-order valence-electron chi connectivity index (χ2n) is 12.6. The minimum atomic E-state index is -1.09. The number of nitrogens with zero attached hydrogens (tertiary/aromatic N) is 1. The summed E-state index contributed by atoms with van der Waals surface area (Å²) in [5.41, 5.74) is 3.83. The summed E-state index contributed by atoms with van der Waals surface area (Å²) in [6, 6.07) is -2.79. The first-order valence-electron chi connectivity index (χ1n) is 12.9. The van der Waals surface area contributed by atoms with Gasteiger partial charge in [0.25, 0.3) is 5.91 Å². The number of alkyl carbamates (subject to hydrolysis) is 1. The van der Waals surface area contributed by atoms with Gasteiger partial charge < -0.3 is 26.0 Å². The Bertz CT molecular complexity index is 869. The molecule has 0 aromatic carbocycles. The molecule has 4 amide bonds. The van der Waals surface area contributed by atoms with Crippen LogP contribution < -0.4 is 16.4 Å². The van der Waals surface area contributed by atoms with Crippen molar-refractivity contribution in [1.29, 1.82) is 0 Å². The summed E-state index contributed by atoms with van der Waals surface area (Å²) in [6.07, 6.45) is 2.11. The van der Waals surface area contributed by atoms with Crippen LogP contribution in [-0.2, 0) is 23.9 Å². The lowest BCUT2D eigenvalue weighted by atomic mass is 9.84. The average molecular weight is 509 g/mol. The van der Waals surface area contributed by atoms with Crippen molar-refractivity contribution in [2.75, 3.05) is 6.54 Å². The Kier molecular flexibility index (Phi) is 9.18. The maximum atomic E-state index is 13.8. The van der Waals surface area contributed by atoms with E-state index >= 15 is 0 Å². The fourth-order valence-electron chi connectivity index (χ4n) is 4.68. The number of primary amides is 1. The molecule has 2 rings (SSSR count). The number of hydrogen-bond donors (Lipinski definition) is 3. The van der Waals surface area contributed by atoms with Gasteiger partial charge >= 0.3 is 6.09 Å². The zero-order valence-electron chi connectivity index (χ0n) is 23.0. The minimum Gasteiger partial charge on any atom is -0.444 e. The molecule has 2 aliphatic rings. The molecule has 4 N–H and O–H groups in total. The predicted molar refractivity (Wildman–Crippen MR) is 135 cm³/mol. The number of carbonyl (C=O) groups is 5. The molecular weight excluding hydrogens is 464 g/mol. The van der Waals surface area contributed by atoms with Crippen molar-refractivity contribution in [2.24, 2.45) is 28.9 Å². The Labute approximate surface area is 214 Å². The van der Waals surface area contributed by atoms with Crippen LogP contribution in [0.25, 0.3) is 0 Å². The molecular formula is C26H44N4O6. The van der Waals surface area contributed by atoms with Crippen molar-refractivity contribution >= 4 is 29.6 Å². The van der Waals surface area contributed by atoms with Crippen molar-refractivity contribution in [3.05, 3.63) is 0 Å². The maximum absolute atomic E-state index is 13.8. The van der Waals surface area contributed by atoms with E-state index < -0.39 is 58.7 Å². The number of rotatable bonds is 9. The van der Waals surface area contributed by atoms with E-state index in [1.165, 1.54) is 4.90 Å². The third-order valence-corrected chi connectivity index (χ3v) is 6.77. The fourth-order valence-corrected chi connectivity index (χ4v) is 4.68. The van der Waals surface area contributed by atoms with Crippen LogP contribution in [0.2, 0.25) is 0 Å². The van der Waals surface area contributed by atoms with Crippen molar-refractivity contribution < 1.29 is 28.7 Å². The lowest BCUT2D eigenvalue weighted by molar-refractivity contribution is -0.144. The number of nitrogens with one attached hydrogen (secondary N) is 2. The Morgan fingerprint density at radius 2 is 1.56 bits per heavy atom. The molecule has 1 aliphatic heterocycles. The quantitative estimate of drug-likeness (QED) is 0.407. The largest absolute Gasteiger partial charge is 0.444 e. The highest BCUT2D eigenvalue weighted by molar-refractivity contribution is 6.37. The van der Waals surface area contributed by atoms with Crippen LogP contribution in [0.15, 0.2) is 0 Å². The lowest BCUT2D eigenvalue weighted by Gasteiger charge is -2.37. The summed E-state index contributed by atoms with van der Waals surface area (Å²) in [7, 11) is 0. The average Bonchev–Trinajstić information content (AvgIpc) is 3.41. The molecule has 0 spiro atoms. The Morgan fingerprint density at radius 1 is 0.972 bits per heavy atom. The van der Waals surface area contributed by atoms with E-state index in [4.69, 9.17) is 10.5 Å². The molecule has 204 valence electrons. The summed E-state index contributed by atoms with van der Waals surface area (Å²) in [4.78, 5) is 65.5. The minimum absolute atomic E-state index is 0.0826. The molecule has 0 bridgehead atoms. The standard InChI is InChI=1S/C26H44N4O6/c1-14(2)16-11-12-30(23(34)20(25(3,4)5)29-24(35)36-26(6,7)8)18(16)22(33)28-17(13-15-9-10-15)19(31)21(27)32/h14-18,20H,9-13H2,1-8H3,(H2,27,32)(H,28,33)(H,29,35)/t16-,17?,18?,20?/m1/s1. The van der Waals surface area contributed by atoms with Crippen molar-refractivity contribution in [3.63, 3.8) is 0 Å². The second-order valence-corrected chi connectivity index (χ2v) is 12.6. The first kappa shape index (κ1) is 29.6. The SMILES string of the molecule is CC(C)[C@H]1CCN(C(=O)C(NC(=O)OC(C)(C)C)C(C)(C)C)C1C(=O)NC(CC1CC1)C(=O)C(N)=O. The Morgan fingerprint density at radius 3 is 2.00 bits per heavy atom. The van der Waals surface area contributed by atoms with Gasteiger partial charge in [0.15, 0.2) is 0 Å². The van der Waals surface area contributed by atoms with E-state index in [0.29, 0.717) is 19.4 Å². The van der Waals surface area contributed by atoms with E-state index in [9.17, 15) is 24.0 Å². The molecule has 1 heterocycles. The fraction of sp³-hybridized carbons (Fsp3) is 0.808. The third-order valence-electron chi connectivity index (χ3n) is 6.77. The summed E-state index contributed by atoms with van der Waals surface area (Å²) >= 11 is 0. The number of nitrogens with two attached hydrogens (primary N) is 1. The van der Waals surface area contributed by atoms with Crippen LogP contribution in [0.4, 0.5) is 4.79 Å². The van der Waals surface area contributed by atoms with Crippen molar-refractivity contribution in [1.82, 2.24) is 15.5 Å². The van der Waals surface area contributed by atoms with Gasteiger partial charge in [-0.2, -0.15) is 0 Å². The molecule has 0 radical (unpaired) electrons. The second kappa shape index (κ2) is 11.2. The zero-order chi connectivity index (χ0) is 27.6. The molecule has 0 aromatic rings. The van der Waals surface area contributed by atoms with Crippen LogP contribution in [-0.4, -0.2) is 64.8 Å². The third kappa shape index (κ3) is 7.93. The summed E-state index contributed by atoms with van der Waals surface area (Å²) < 4.78 is 5.37. The highest BCUT2D eigenvalue weighted by Gasteiger charge is 2.48. The summed E-state index contributed by atoms with van der Waals surface area (Å²) in [5.74, 6) is -2.59. The zero-order valence-corrected chi connectivity index (χ0v) is 23.0. The van der Waals surface area contributed by atoms with Crippen molar-refractivity contribution in [2.45, 2.75) is 105 Å². The Balaban J connectivity index is 2.31. The monoisotopic (exact) mass is 508 g/mol. The Hall–Kier alpha value is -2.65. The van der Waals surface area contributed by atoms with E-state index in [0.717, 1.165) is 12.8 Å². The van der Waals surface area contributed by atoms with Crippen molar-refractivity contribution in [3.8, 4) is 0 Å². The van der Waals surface area contributed by atoms with E-state index in [-0.39, 0.29) is 17.8 Å². The van der Waals surface area contributed by atoms with Gasteiger partial charge in [-0.1, -0.05) is 47.5 Å². The number of carbonyl (C=O) groups excluding carboxylic acids is 5. The normalized spacial score (nSPS) is 22.1. The molecule has 1 saturated heterocycles. The summed E-state index contributed by atoms with van der Waals surface area (Å²) in [6.45, 7) is 15.0. The first-order chi connectivity index (χ1) is 16.4. The number of Topliss-reactive ketones (excluding diaryl/α,β-unsaturated/α-hetero) is 1. The van der Waals surface area contributed by atoms with Gasteiger partial charge in [0, 0.05) is 6.54 Å². The van der Waals surface area contributed by atoms with Gasteiger partial charge in [0.05, 0.1) is 6.04 Å². The van der Waals surface area contributed by atoms with Gasteiger partial charge in [-0.25, -0.2) is 4.79 Å². The topological polar surface area (TPSA) is 148 Å². The molecule has 2 fully saturated rings. The van der Waals surface area contributed by atoms with Gasteiger partial charge in [0.1, 0.15) is 17.7 Å². The molecule has 3 unspecified atom stereocenters. The lowest BCUT2D eigenvalue weighted by Crippen LogP contribution is -2.60. The number of likely N-dealkylation sites (tertiary alicyclic amines) is 1. The maximum Gasteiger partial charge on any atom is 0.408 e. The van der Waals surface area contributed by atoms with Gasteiger partial charge in [-0.05, 0) is 56.8 Å². The predicted octanol–water partition coefficient (Wildman–Crippen LogP) is 2.14. The van der Waals surface area contributed by atoms with Crippen LogP contribution in [0, 0.1) is 23.2 Å². The van der Waals surface area contributed by atoms with Crippen LogP contribution in [0.1, 0.15) is 81.1 Å². The molecule has 1 aliphatic carbocycles. The van der Waals surface area contributed by atoms with Crippen LogP contribution >= 0.6 is 0 Å². The number of amides is 4. The van der Waals surface area contributed by atoms with Gasteiger partial charge in [0.2, 0.25) is 17.6 Å². The number of ketones is 1. The molecule has 36 heavy (non-hydrogen) atoms. The molecule has 10 nitrogen and oxygen atoms in total. The smallest absolute Gasteiger partial charge is 0.408 e. The highest BCUT2D eigenvalue weighted by atomic mass is 16.6. The number of hydrogen-bond acceptors (Lipinski definition) is 6. The van der Waals surface area contributed by atoms with Crippen LogP contribution in [0.5, 0.6) is 0 Å². The van der Waals surface area contributed by atoms with Crippen LogP contribution in [0.3, 0.4) is 0 Å². The molecule has 0 aromatic heterocycles. The first-order valence-corrected chi connectivity index (χ1v) is 12.9. The summed E-state index contributed by atoms with van der Waals surface area (Å²) in [5, 5.41) is 5.44. The van der Waals surface area contributed by atoms with E-state index in [2.05, 4.69) is 10.6 Å². The van der Waals surface area contributed by atoms with E-state index in [1.54, 1.807) is 20.8 Å². The van der Waals surface area contributed by atoms with Gasteiger partial charge in [-0.15, -0.1) is 0 Å². The van der Waals surface area contributed by atoms with E-state index in [1.807, 2.05) is 34.6 Å².